The first-order chi connectivity index (χ1) is 11.7. The molecule has 24 heavy (non-hydrogen) atoms. The molecule has 3 rings (SSSR count). The number of fused-ring (bicyclic) bond motifs is 1. The van der Waals surface area contributed by atoms with Crippen LogP contribution in [0.1, 0.15) is 38.5 Å². The average molecular weight is 329 g/mol. The van der Waals surface area contributed by atoms with Gasteiger partial charge in [-0.05, 0) is 43.7 Å². The van der Waals surface area contributed by atoms with Crippen LogP contribution in [0.4, 0.5) is 0 Å². The number of nitrogens with one attached hydrogen (secondary N) is 1. The number of carboxylic acid groups (broad SMARTS) is 1. The highest BCUT2D eigenvalue weighted by Crippen LogP contribution is 2.24. The van der Waals surface area contributed by atoms with Gasteiger partial charge >= 0.3 is 5.97 Å². The Morgan fingerprint density at radius 2 is 2.00 bits per heavy atom. The monoisotopic (exact) mass is 329 g/mol. The normalized spacial score (nSPS) is 17.0. The average Bonchev–Trinajstić information content (AvgIpc) is 2.62. The fourth-order valence-corrected chi connectivity index (χ4v) is 3.04. The molecule has 1 unspecified atom stereocenters. The highest BCUT2D eigenvalue weighted by Gasteiger charge is 2.12. The number of carbonyl (C=O) groups is 1. The van der Waals surface area contributed by atoms with Gasteiger partial charge in [0, 0.05) is 17.8 Å². The van der Waals surface area contributed by atoms with Crippen molar-refractivity contribution in [2.75, 3.05) is 13.7 Å². The van der Waals surface area contributed by atoms with E-state index in [0.29, 0.717) is 12.5 Å². The highest BCUT2D eigenvalue weighted by atomic mass is 16.5. The van der Waals surface area contributed by atoms with Crippen molar-refractivity contribution in [2.24, 2.45) is 0 Å². The molecule has 0 bridgehead atoms. The molecule has 1 fully saturated rings. The maximum Gasteiger partial charge on any atom is 0.303 e. The van der Waals surface area contributed by atoms with Gasteiger partial charge < -0.3 is 15.2 Å². The van der Waals surface area contributed by atoms with Gasteiger partial charge in [0.2, 0.25) is 0 Å². The van der Waals surface area contributed by atoms with Crippen LogP contribution in [-0.2, 0) is 4.79 Å². The van der Waals surface area contributed by atoms with E-state index in [1.54, 1.807) is 7.11 Å². The number of rotatable bonds is 5. The van der Waals surface area contributed by atoms with Crippen molar-refractivity contribution in [3.63, 3.8) is 0 Å². The summed E-state index contributed by atoms with van der Waals surface area (Å²) in [5, 5.41) is 14.2. The summed E-state index contributed by atoms with van der Waals surface area (Å²) < 4.78 is 5.23. The number of methoxy groups -OCH3 is 1. The molecule has 1 aliphatic rings. The first-order valence-corrected chi connectivity index (χ1v) is 8.67. The molecule has 0 aliphatic carbocycles. The molecule has 1 aliphatic heterocycles. The highest BCUT2D eigenvalue weighted by molar-refractivity contribution is 5.88. The lowest BCUT2D eigenvalue weighted by molar-refractivity contribution is -0.137. The predicted molar refractivity (Wildman–Crippen MR) is 97.6 cm³/mol. The van der Waals surface area contributed by atoms with Gasteiger partial charge in [-0.25, -0.2) is 0 Å². The lowest BCUT2D eigenvalue weighted by Gasteiger charge is -2.22. The van der Waals surface area contributed by atoms with Crippen molar-refractivity contribution in [2.45, 2.75) is 44.6 Å². The van der Waals surface area contributed by atoms with E-state index in [9.17, 15) is 4.79 Å². The largest absolute Gasteiger partial charge is 0.496 e. The van der Waals surface area contributed by atoms with Crippen LogP contribution in [0.5, 0.6) is 5.75 Å². The summed E-state index contributed by atoms with van der Waals surface area (Å²) in [6, 6.07) is 14.8. The Labute approximate surface area is 143 Å². The number of benzene rings is 2. The van der Waals surface area contributed by atoms with Crippen LogP contribution in [0, 0.1) is 0 Å². The summed E-state index contributed by atoms with van der Waals surface area (Å²) in [6.45, 7) is 1.11. The summed E-state index contributed by atoms with van der Waals surface area (Å²) in [4.78, 5) is 10.2. The van der Waals surface area contributed by atoms with Crippen LogP contribution in [-0.4, -0.2) is 30.8 Å². The van der Waals surface area contributed by atoms with Crippen molar-refractivity contribution in [1.82, 2.24) is 5.32 Å². The maximum absolute atomic E-state index is 10.2. The smallest absolute Gasteiger partial charge is 0.303 e. The molecular formula is C20H27NO3. The molecule has 0 spiro atoms. The van der Waals surface area contributed by atoms with E-state index in [0.717, 1.165) is 25.1 Å². The number of piperidine rings is 1. The Bertz CT molecular complexity index is 630. The molecule has 2 aromatic rings. The Kier molecular flexibility index (Phi) is 7.56. The van der Waals surface area contributed by atoms with Crippen LogP contribution < -0.4 is 10.1 Å². The molecule has 1 saturated heterocycles. The number of hydrogen-bond donors (Lipinski definition) is 2. The maximum atomic E-state index is 10.2. The van der Waals surface area contributed by atoms with Crippen molar-refractivity contribution >= 4 is 16.7 Å². The Morgan fingerprint density at radius 1 is 1.21 bits per heavy atom. The third-order valence-electron chi connectivity index (χ3n) is 4.33. The van der Waals surface area contributed by atoms with E-state index in [2.05, 4.69) is 23.5 Å². The fourth-order valence-electron chi connectivity index (χ4n) is 3.04. The van der Waals surface area contributed by atoms with Gasteiger partial charge in [0.1, 0.15) is 5.75 Å². The molecule has 4 nitrogen and oxygen atoms in total. The number of aliphatic carboxylic acids is 1. The molecule has 0 amide bonds. The zero-order valence-electron chi connectivity index (χ0n) is 14.3. The molecule has 2 aromatic carbocycles. The fraction of sp³-hybridized carbons (Fsp3) is 0.450. The molecular weight excluding hydrogens is 302 g/mol. The minimum Gasteiger partial charge on any atom is -0.496 e. The number of hydrogen-bond acceptors (Lipinski definition) is 3. The van der Waals surface area contributed by atoms with E-state index in [1.807, 2.05) is 24.3 Å². The molecule has 0 saturated carbocycles. The third kappa shape index (κ3) is 5.85. The lowest BCUT2D eigenvalue weighted by Crippen LogP contribution is -2.33. The van der Waals surface area contributed by atoms with E-state index in [4.69, 9.17) is 9.84 Å². The van der Waals surface area contributed by atoms with Crippen LogP contribution in [0.3, 0.4) is 0 Å². The third-order valence-corrected chi connectivity index (χ3v) is 4.33. The first kappa shape index (κ1) is 18.3. The lowest BCUT2D eigenvalue weighted by atomic mass is 10.00. The zero-order chi connectivity index (χ0) is 17.2. The Hall–Kier alpha value is -2.07. The Morgan fingerprint density at radius 3 is 2.71 bits per heavy atom. The molecule has 2 N–H and O–H groups in total. The van der Waals surface area contributed by atoms with E-state index < -0.39 is 5.97 Å². The van der Waals surface area contributed by atoms with Crippen molar-refractivity contribution < 1.29 is 14.6 Å². The van der Waals surface area contributed by atoms with E-state index in [1.165, 1.54) is 30.0 Å². The Balaban J connectivity index is 0.000000174. The van der Waals surface area contributed by atoms with Crippen LogP contribution in [0.25, 0.3) is 10.8 Å². The SMILES string of the molecule is COc1cccc2ccccc12.O=C(O)CCCC1CCCCN1. The first-order valence-electron chi connectivity index (χ1n) is 8.67. The topological polar surface area (TPSA) is 58.6 Å². The number of carboxylic acids is 1. The summed E-state index contributed by atoms with van der Waals surface area (Å²) in [7, 11) is 1.70. The van der Waals surface area contributed by atoms with Crippen molar-refractivity contribution in [3.05, 3.63) is 42.5 Å². The van der Waals surface area contributed by atoms with Gasteiger partial charge in [0.15, 0.2) is 0 Å². The van der Waals surface area contributed by atoms with E-state index in [-0.39, 0.29) is 0 Å². The minimum atomic E-state index is -0.675. The standard InChI is InChI=1S/C11H10O.C9H17NO2/c1-12-11-8-4-6-9-5-2-3-7-10(9)11;11-9(12)6-3-5-8-4-1-2-7-10-8/h2-8H,1H3;8,10H,1-7H2,(H,11,12). The second-order valence-corrected chi connectivity index (χ2v) is 6.11. The molecule has 0 radical (unpaired) electrons. The van der Waals surface area contributed by atoms with Gasteiger partial charge in [-0.15, -0.1) is 0 Å². The summed E-state index contributed by atoms with van der Waals surface area (Å²) in [5.41, 5.74) is 0. The summed E-state index contributed by atoms with van der Waals surface area (Å²) in [6.07, 6.45) is 5.94. The predicted octanol–water partition coefficient (Wildman–Crippen LogP) is 4.23. The van der Waals surface area contributed by atoms with E-state index >= 15 is 0 Å². The van der Waals surface area contributed by atoms with Crippen LogP contribution >= 0.6 is 0 Å². The van der Waals surface area contributed by atoms with Gasteiger partial charge in [-0.2, -0.15) is 0 Å². The molecule has 130 valence electrons. The second kappa shape index (κ2) is 9.93. The summed E-state index contributed by atoms with van der Waals surface area (Å²) in [5.74, 6) is 0.263. The second-order valence-electron chi connectivity index (χ2n) is 6.11. The zero-order valence-corrected chi connectivity index (χ0v) is 14.3. The van der Waals surface area contributed by atoms with Crippen LogP contribution in [0.15, 0.2) is 42.5 Å². The van der Waals surface area contributed by atoms with Gasteiger partial charge in [-0.1, -0.05) is 42.8 Å². The van der Waals surface area contributed by atoms with Crippen LogP contribution in [0.2, 0.25) is 0 Å². The number of ether oxygens (including phenoxy) is 1. The van der Waals surface area contributed by atoms with Gasteiger partial charge in [0.25, 0.3) is 0 Å². The molecule has 1 atom stereocenters. The van der Waals surface area contributed by atoms with Gasteiger partial charge in [-0.3, -0.25) is 4.79 Å². The summed E-state index contributed by atoms with van der Waals surface area (Å²) >= 11 is 0. The quantitative estimate of drug-likeness (QED) is 0.862. The van der Waals surface area contributed by atoms with Crippen molar-refractivity contribution in [1.29, 1.82) is 0 Å². The molecule has 0 aromatic heterocycles. The minimum absolute atomic E-state index is 0.318. The van der Waals surface area contributed by atoms with Gasteiger partial charge in [0.05, 0.1) is 7.11 Å². The van der Waals surface area contributed by atoms with Crippen molar-refractivity contribution in [3.8, 4) is 5.75 Å². The molecule has 4 heteroatoms. The molecule has 1 heterocycles.